The van der Waals surface area contributed by atoms with Crippen molar-refractivity contribution in [1.82, 2.24) is 14.8 Å². The number of aryl methyl sites for hydroxylation is 1. The van der Waals surface area contributed by atoms with Gasteiger partial charge in [-0.15, -0.1) is 10.2 Å². The van der Waals surface area contributed by atoms with Gasteiger partial charge in [-0.2, -0.15) is 0 Å². The maximum absolute atomic E-state index is 12.7. The van der Waals surface area contributed by atoms with E-state index in [1.165, 1.54) is 4.57 Å². The highest BCUT2D eigenvalue weighted by Gasteiger charge is 2.28. The Morgan fingerprint density at radius 3 is 2.55 bits per heavy atom. The Morgan fingerprint density at radius 2 is 1.91 bits per heavy atom. The summed E-state index contributed by atoms with van der Waals surface area (Å²) in [6, 6.07) is 10.7. The number of primary amides is 1. The summed E-state index contributed by atoms with van der Waals surface area (Å²) in [4.78, 5) is 26.6. The lowest BCUT2D eigenvalue weighted by Crippen LogP contribution is -2.42. The minimum Gasteiger partial charge on any atom is -0.390 e. The Labute approximate surface area is 191 Å². The molecule has 1 amide bonds. The fourth-order valence-corrected chi connectivity index (χ4v) is 4.08. The van der Waals surface area contributed by atoms with Gasteiger partial charge in [0.2, 0.25) is 5.91 Å². The minimum atomic E-state index is -0.633. The molecule has 0 atom stereocenters. The molecule has 1 aliphatic rings. The van der Waals surface area contributed by atoms with Gasteiger partial charge in [-0.05, 0) is 62.1 Å². The van der Waals surface area contributed by atoms with Crippen LogP contribution < -0.4 is 21.5 Å². The number of hydrogen-bond acceptors (Lipinski definition) is 7. The number of aromatic nitrogens is 3. The van der Waals surface area contributed by atoms with Crippen LogP contribution in [0.25, 0.3) is 11.1 Å². The average Bonchev–Trinajstić information content (AvgIpc) is 2.77. The largest absolute Gasteiger partial charge is 0.390 e. The van der Waals surface area contributed by atoms with Gasteiger partial charge in [0.25, 0.3) is 5.56 Å². The second kappa shape index (κ2) is 8.67. The number of aliphatic hydroxyl groups is 1. The summed E-state index contributed by atoms with van der Waals surface area (Å²) in [5.74, 6) is 0.682. The van der Waals surface area contributed by atoms with E-state index in [1.54, 1.807) is 37.5 Å². The molecule has 1 aliphatic heterocycles. The first-order chi connectivity index (χ1) is 15.6. The maximum atomic E-state index is 12.7. The number of benzene rings is 1. The van der Waals surface area contributed by atoms with Gasteiger partial charge in [-0.1, -0.05) is 12.1 Å². The van der Waals surface area contributed by atoms with E-state index in [0.29, 0.717) is 43.0 Å². The summed E-state index contributed by atoms with van der Waals surface area (Å²) < 4.78 is 1.48. The molecule has 1 fully saturated rings. The first-order valence-corrected chi connectivity index (χ1v) is 10.8. The Balaban J connectivity index is 1.59. The number of piperidine rings is 1. The number of rotatable bonds is 5. The molecule has 0 radical (unpaired) electrons. The number of anilines is 3. The van der Waals surface area contributed by atoms with E-state index < -0.39 is 11.5 Å². The van der Waals surface area contributed by atoms with Crippen molar-refractivity contribution in [2.75, 3.05) is 23.3 Å². The van der Waals surface area contributed by atoms with Gasteiger partial charge >= 0.3 is 0 Å². The summed E-state index contributed by atoms with van der Waals surface area (Å²) in [5.41, 5.74) is 7.75. The lowest BCUT2D eigenvalue weighted by Gasteiger charge is -2.36. The standard InChI is InChI=1S/C24H28N6O3/c1-15-17(5-4-6-18(15)22(25)31)16-13-19(23(32)29(3)14-16)26-20-7-8-21(28-27-20)30-11-9-24(2,33)10-12-30/h4-8,13-14,33H,9-12H2,1-3H3,(H2,25,31)(H,26,27). The summed E-state index contributed by atoms with van der Waals surface area (Å²) in [6.45, 7) is 5.10. The van der Waals surface area contributed by atoms with E-state index in [0.717, 1.165) is 22.5 Å². The monoisotopic (exact) mass is 448 g/mol. The number of hydrogen-bond donors (Lipinski definition) is 3. The van der Waals surface area contributed by atoms with E-state index in [4.69, 9.17) is 5.73 Å². The molecule has 0 bridgehead atoms. The van der Waals surface area contributed by atoms with Crippen molar-refractivity contribution < 1.29 is 9.90 Å². The SMILES string of the molecule is Cc1c(C(N)=O)cccc1-c1cc(Nc2ccc(N3CCC(C)(O)CC3)nn2)c(=O)n(C)c1. The quantitative estimate of drug-likeness (QED) is 0.547. The molecule has 172 valence electrons. The molecule has 4 rings (SSSR count). The lowest BCUT2D eigenvalue weighted by molar-refractivity contribution is 0.0350. The highest BCUT2D eigenvalue weighted by molar-refractivity contribution is 5.96. The van der Waals surface area contributed by atoms with Gasteiger partial charge in [0, 0.05) is 37.5 Å². The van der Waals surface area contributed by atoms with Crippen molar-refractivity contribution in [1.29, 1.82) is 0 Å². The predicted octanol–water partition coefficient (Wildman–Crippen LogP) is 2.34. The number of carbonyl (C=O) groups is 1. The minimum absolute atomic E-state index is 0.216. The fourth-order valence-electron chi connectivity index (χ4n) is 4.08. The zero-order valence-electron chi connectivity index (χ0n) is 19.0. The fraction of sp³-hybridized carbons (Fsp3) is 0.333. The van der Waals surface area contributed by atoms with Crippen LogP contribution in [0.2, 0.25) is 0 Å². The summed E-state index contributed by atoms with van der Waals surface area (Å²) in [5, 5.41) is 21.7. The third-order valence-corrected chi connectivity index (χ3v) is 6.17. The molecule has 0 spiro atoms. The Morgan fingerprint density at radius 1 is 1.18 bits per heavy atom. The van der Waals surface area contributed by atoms with Crippen LogP contribution >= 0.6 is 0 Å². The lowest BCUT2D eigenvalue weighted by atomic mass is 9.94. The predicted molar refractivity (Wildman–Crippen MR) is 128 cm³/mol. The molecule has 2 aromatic heterocycles. The van der Waals surface area contributed by atoms with Crippen molar-refractivity contribution in [3.8, 4) is 11.1 Å². The smallest absolute Gasteiger partial charge is 0.274 e. The first kappa shape index (κ1) is 22.5. The zero-order chi connectivity index (χ0) is 23.8. The molecule has 1 aromatic carbocycles. The normalized spacial score (nSPS) is 15.3. The third-order valence-electron chi connectivity index (χ3n) is 6.17. The van der Waals surface area contributed by atoms with Crippen LogP contribution in [-0.2, 0) is 7.05 Å². The van der Waals surface area contributed by atoms with Gasteiger partial charge in [0.1, 0.15) is 5.69 Å². The molecule has 1 saturated heterocycles. The molecule has 0 aliphatic carbocycles. The van der Waals surface area contributed by atoms with Crippen LogP contribution in [0.15, 0.2) is 47.4 Å². The highest BCUT2D eigenvalue weighted by Crippen LogP contribution is 2.28. The molecular weight excluding hydrogens is 420 g/mol. The Kier molecular flexibility index (Phi) is 5.90. The topological polar surface area (TPSA) is 126 Å². The van der Waals surface area contributed by atoms with E-state index in [2.05, 4.69) is 20.4 Å². The molecule has 9 heteroatoms. The molecule has 3 heterocycles. The zero-order valence-corrected chi connectivity index (χ0v) is 19.0. The molecule has 0 unspecified atom stereocenters. The second-order valence-corrected chi connectivity index (χ2v) is 8.79. The summed E-state index contributed by atoms with van der Waals surface area (Å²) >= 11 is 0. The Hall–Kier alpha value is -3.72. The van der Waals surface area contributed by atoms with E-state index >= 15 is 0 Å². The molecular formula is C24H28N6O3. The van der Waals surface area contributed by atoms with Crippen molar-refractivity contribution in [2.45, 2.75) is 32.3 Å². The Bertz CT molecular complexity index is 1240. The van der Waals surface area contributed by atoms with Gasteiger partial charge in [0.05, 0.1) is 5.60 Å². The van der Waals surface area contributed by atoms with Crippen molar-refractivity contribution >= 4 is 23.2 Å². The van der Waals surface area contributed by atoms with Crippen LogP contribution in [0, 0.1) is 6.92 Å². The van der Waals surface area contributed by atoms with Crippen LogP contribution in [0.4, 0.5) is 17.3 Å². The number of amides is 1. The van der Waals surface area contributed by atoms with E-state index in [9.17, 15) is 14.7 Å². The number of nitrogens with zero attached hydrogens (tertiary/aromatic N) is 4. The molecule has 9 nitrogen and oxygen atoms in total. The number of carbonyl (C=O) groups excluding carboxylic acids is 1. The molecule has 0 saturated carbocycles. The first-order valence-electron chi connectivity index (χ1n) is 10.8. The molecule has 33 heavy (non-hydrogen) atoms. The molecule has 4 N–H and O–H groups in total. The average molecular weight is 449 g/mol. The van der Waals surface area contributed by atoms with Gasteiger partial charge in [-0.25, -0.2) is 0 Å². The highest BCUT2D eigenvalue weighted by atomic mass is 16.3. The summed E-state index contributed by atoms with van der Waals surface area (Å²) in [7, 11) is 1.67. The second-order valence-electron chi connectivity index (χ2n) is 8.79. The van der Waals surface area contributed by atoms with Crippen molar-refractivity contribution in [2.24, 2.45) is 12.8 Å². The number of nitrogens with two attached hydrogens (primary N) is 1. The van der Waals surface area contributed by atoms with Crippen LogP contribution in [0.3, 0.4) is 0 Å². The van der Waals surface area contributed by atoms with Crippen LogP contribution in [0.5, 0.6) is 0 Å². The van der Waals surface area contributed by atoms with Gasteiger partial charge in [-0.3, -0.25) is 9.59 Å². The van der Waals surface area contributed by atoms with E-state index in [1.807, 2.05) is 26.0 Å². The van der Waals surface area contributed by atoms with Crippen molar-refractivity contribution in [3.63, 3.8) is 0 Å². The van der Waals surface area contributed by atoms with Crippen LogP contribution in [0.1, 0.15) is 35.7 Å². The van der Waals surface area contributed by atoms with Gasteiger partial charge in [0.15, 0.2) is 11.6 Å². The third kappa shape index (κ3) is 4.73. The van der Waals surface area contributed by atoms with E-state index in [-0.39, 0.29) is 5.56 Å². The van der Waals surface area contributed by atoms with Gasteiger partial charge < -0.3 is 25.6 Å². The van der Waals surface area contributed by atoms with Crippen LogP contribution in [-0.4, -0.2) is 44.5 Å². The van der Waals surface area contributed by atoms with Crippen molar-refractivity contribution in [3.05, 3.63) is 64.1 Å². The molecule has 3 aromatic rings. The number of pyridine rings is 1. The maximum Gasteiger partial charge on any atom is 0.274 e. The number of nitrogens with one attached hydrogen (secondary N) is 1. The summed E-state index contributed by atoms with van der Waals surface area (Å²) in [6.07, 6.45) is 3.07.